The number of nitrogens with zero attached hydrogens (tertiary/aromatic N) is 3. The highest BCUT2D eigenvalue weighted by Crippen LogP contribution is 2.13. The summed E-state index contributed by atoms with van der Waals surface area (Å²) in [5, 5.41) is 8.80. The van der Waals surface area contributed by atoms with Crippen LogP contribution in [0.4, 0.5) is 0 Å². The zero-order valence-electron chi connectivity index (χ0n) is 11.1. The molecule has 100 valence electrons. The molecule has 1 aromatic heterocycles. The summed E-state index contributed by atoms with van der Waals surface area (Å²) >= 11 is 0. The molecule has 0 aliphatic carbocycles. The topological polar surface area (TPSA) is 87.8 Å². The van der Waals surface area contributed by atoms with E-state index in [0.717, 1.165) is 13.0 Å². The number of hydrogen-bond acceptors (Lipinski definition) is 4. The molecular weight excluding hydrogens is 252 g/mol. The van der Waals surface area contributed by atoms with Gasteiger partial charge in [-0.1, -0.05) is 6.92 Å². The highest BCUT2D eigenvalue weighted by molar-refractivity contribution is 7.89. The Labute approximate surface area is 108 Å². The maximum Gasteiger partial charge on any atom is 0.260 e. The van der Waals surface area contributed by atoms with E-state index in [1.807, 2.05) is 13.0 Å². The van der Waals surface area contributed by atoms with E-state index in [2.05, 4.69) is 9.71 Å². The lowest BCUT2D eigenvalue weighted by Crippen LogP contribution is -2.42. The van der Waals surface area contributed by atoms with E-state index in [4.69, 9.17) is 5.26 Å². The van der Waals surface area contributed by atoms with Gasteiger partial charge in [0.1, 0.15) is 11.4 Å². The van der Waals surface area contributed by atoms with E-state index in [1.54, 1.807) is 11.5 Å². The number of hydrogen-bond donors (Lipinski definition) is 1. The molecule has 0 saturated heterocycles. The van der Waals surface area contributed by atoms with Crippen molar-refractivity contribution in [3.05, 3.63) is 12.0 Å². The van der Waals surface area contributed by atoms with Crippen LogP contribution in [-0.2, 0) is 16.6 Å². The maximum atomic E-state index is 12.0. The van der Waals surface area contributed by atoms with Crippen molar-refractivity contribution < 1.29 is 8.42 Å². The summed E-state index contributed by atoms with van der Waals surface area (Å²) in [5.74, 6) is 0.645. The van der Waals surface area contributed by atoms with E-state index in [9.17, 15) is 8.42 Å². The Kier molecular flexibility index (Phi) is 4.14. The Bertz CT molecular complexity index is 566. The van der Waals surface area contributed by atoms with E-state index in [1.165, 1.54) is 20.0 Å². The first-order valence-corrected chi connectivity index (χ1v) is 7.19. The highest BCUT2D eigenvalue weighted by atomic mass is 32.2. The van der Waals surface area contributed by atoms with Gasteiger partial charge in [-0.2, -0.15) is 9.98 Å². The highest BCUT2D eigenvalue weighted by Gasteiger charge is 2.28. The molecule has 1 heterocycles. The van der Waals surface area contributed by atoms with Crippen molar-refractivity contribution in [2.75, 3.05) is 0 Å². The summed E-state index contributed by atoms with van der Waals surface area (Å²) in [7, 11) is -3.75. The lowest BCUT2D eigenvalue weighted by atomic mass is 10.1. The van der Waals surface area contributed by atoms with Gasteiger partial charge >= 0.3 is 0 Å². The third-order valence-corrected chi connectivity index (χ3v) is 3.89. The van der Waals surface area contributed by atoms with Gasteiger partial charge in [-0.15, -0.1) is 0 Å². The van der Waals surface area contributed by atoms with Crippen LogP contribution in [0, 0.1) is 18.3 Å². The van der Waals surface area contributed by atoms with Crippen molar-refractivity contribution in [1.82, 2.24) is 14.3 Å². The summed E-state index contributed by atoms with van der Waals surface area (Å²) in [6, 6.07) is 1.89. The Morgan fingerprint density at radius 2 is 2.17 bits per heavy atom. The summed E-state index contributed by atoms with van der Waals surface area (Å²) < 4.78 is 28.2. The molecular formula is C11H18N4O2S. The maximum absolute atomic E-state index is 12.0. The van der Waals surface area contributed by atoms with E-state index in [-0.39, 0.29) is 5.03 Å². The fraction of sp³-hybridized carbons (Fsp3) is 0.636. The number of nitrogens with one attached hydrogen (secondary N) is 1. The van der Waals surface area contributed by atoms with Crippen LogP contribution in [0.25, 0.3) is 0 Å². The van der Waals surface area contributed by atoms with Crippen LogP contribution in [-0.4, -0.2) is 23.5 Å². The van der Waals surface area contributed by atoms with Gasteiger partial charge in [-0.25, -0.2) is 13.4 Å². The normalized spacial score (nSPS) is 12.4. The van der Waals surface area contributed by atoms with Crippen LogP contribution in [0.2, 0.25) is 0 Å². The minimum Gasteiger partial charge on any atom is -0.334 e. The molecule has 0 aromatic carbocycles. The van der Waals surface area contributed by atoms with Crippen molar-refractivity contribution in [3.63, 3.8) is 0 Å². The van der Waals surface area contributed by atoms with Crippen LogP contribution in [0.5, 0.6) is 0 Å². The van der Waals surface area contributed by atoms with E-state index >= 15 is 0 Å². The zero-order valence-corrected chi connectivity index (χ0v) is 11.9. The number of aryl methyl sites for hydroxylation is 2. The molecule has 0 aliphatic heterocycles. The zero-order chi connectivity index (χ0) is 14.0. The van der Waals surface area contributed by atoms with Crippen molar-refractivity contribution in [2.24, 2.45) is 0 Å². The third-order valence-electron chi connectivity index (χ3n) is 2.36. The van der Waals surface area contributed by atoms with Crippen LogP contribution in [0.1, 0.15) is 33.0 Å². The standard InChI is InChI=1S/C11H18N4O2S/c1-5-6-15-7-10(13-9(15)2)18(16,17)14-11(3,4)8-12/h7,14H,5-6H2,1-4H3. The molecule has 0 fully saturated rings. The largest absolute Gasteiger partial charge is 0.334 e. The fourth-order valence-electron chi connectivity index (χ4n) is 1.49. The SMILES string of the molecule is CCCn1cc(S(=O)(=O)NC(C)(C)C#N)nc1C. The quantitative estimate of drug-likeness (QED) is 0.870. The molecule has 0 unspecified atom stereocenters. The number of nitriles is 1. The molecule has 6 nitrogen and oxygen atoms in total. The second-order valence-electron chi connectivity index (χ2n) is 4.66. The first kappa shape index (κ1) is 14.7. The monoisotopic (exact) mass is 270 g/mol. The predicted octanol–water partition coefficient (Wildman–Crippen LogP) is 1.18. The average molecular weight is 270 g/mol. The van der Waals surface area contributed by atoms with Gasteiger partial charge < -0.3 is 4.57 Å². The van der Waals surface area contributed by atoms with Gasteiger partial charge in [0.15, 0.2) is 5.03 Å². The number of rotatable bonds is 5. The molecule has 0 spiro atoms. The molecule has 1 rings (SSSR count). The molecule has 1 aromatic rings. The van der Waals surface area contributed by atoms with Gasteiger partial charge in [0.05, 0.1) is 6.07 Å². The number of aromatic nitrogens is 2. The predicted molar refractivity (Wildman–Crippen MR) is 67.3 cm³/mol. The molecule has 1 N–H and O–H groups in total. The lowest BCUT2D eigenvalue weighted by Gasteiger charge is -2.15. The molecule has 18 heavy (non-hydrogen) atoms. The van der Waals surface area contributed by atoms with Crippen LogP contribution in [0.3, 0.4) is 0 Å². The Balaban J connectivity index is 3.07. The van der Waals surface area contributed by atoms with Gasteiger partial charge in [0.2, 0.25) is 0 Å². The van der Waals surface area contributed by atoms with Gasteiger partial charge in [0.25, 0.3) is 10.0 Å². The van der Waals surface area contributed by atoms with E-state index in [0.29, 0.717) is 5.82 Å². The van der Waals surface area contributed by atoms with Crippen molar-refractivity contribution in [2.45, 2.75) is 51.2 Å². The van der Waals surface area contributed by atoms with Gasteiger partial charge in [0, 0.05) is 12.7 Å². The third kappa shape index (κ3) is 3.31. The summed E-state index contributed by atoms with van der Waals surface area (Å²) in [5.41, 5.74) is -1.15. The van der Waals surface area contributed by atoms with Crippen molar-refractivity contribution in [3.8, 4) is 6.07 Å². The minimum atomic E-state index is -3.75. The van der Waals surface area contributed by atoms with Gasteiger partial charge in [-0.3, -0.25) is 0 Å². The Hall–Kier alpha value is -1.39. The summed E-state index contributed by atoms with van der Waals surface area (Å²) in [4.78, 5) is 4.02. The van der Waals surface area contributed by atoms with Crippen molar-refractivity contribution >= 4 is 10.0 Å². The van der Waals surface area contributed by atoms with Crippen molar-refractivity contribution in [1.29, 1.82) is 5.26 Å². The van der Waals surface area contributed by atoms with E-state index < -0.39 is 15.6 Å². The summed E-state index contributed by atoms with van der Waals surface area (Å²) in [6.45, 7) is 7.48. The molecule has 0 radical (unpaired) electrons. The Morgan fingerprint density at radius 3 is 2.67 bits per heavy atom. The molecule has 0 saturated carbocycles. The van der Waals surface area contributed by atoms with Crippen LogP contribution < -0.4 is 4.72 Å². The average Bonchev–Trinajstić information content (AvgIpc) is 2.61. The molecule has 0 bridgehead atoms. The van der Waals surface area contributed by atoms with Gasteiger partial charge in [-0.05, 0) is 27.2 Å². The summed E-state index contributed by atoms with van der Waals surface area (Å²) in [6.07, 6.45) is 2.39. The van der Waals surface area contributed by atoms with Crippen LogP contribution >= 0.6 is 0 Å². The first-order chi connectivity index (χ1) is 8.22. The number of imidazole rings is 1. The smallest absolute Gasteiger partial charge is 0.260 e. The lowest BCUT2D eigenvalue weighted by molar-refractivity contribution is 0.533. The fourth-order valence-corrected chi connectivity index (χ4v) is 2.83. The number of sulfonamides is 1. The van der Waals surface area contributed by atoms with Crippen LogP contribution in [0.15, 0.2) is 11.2 Å². The first-order valence-electron chi connectivity index (χ1n) is 5.71. The molecule has 0 atom stereocenters. The minimum absolute atomic E-state index is 0.0447. The molecule has 0 amide bonds. The molecule has 0 aliphatic rings. The second-order valence-corrected chi connectivity index (χ2v) is 6.29. The Morgan fingerprint density at radius 1 is 1.56 bits per heavy atom. The molecule has 7 heteroatoms. The second kappa shape index (κ2) is 5.08.